The molecule has 0 spiro atoms. The minimum atomic E-state index is -0.505. The number of carbonyl (C=O) groups is 1. The average Bonchev–Trinajstić information content (AvgIpc) is 2.53. The number of alkyl carbamates (subject to hydrolysis) is 1. The van der Waals surface area contributed by atoms with Crippen molar-refractivity contribution in [3.63, 3.8) is 0 Å². The van der Waals surface area contributed by atoms with Crippen molar-refractivity contribution >= 4 is 27.8 Å². The summed E-state index contributed by atoms with van der Waals surface area (Å²) in [5.41, 5.74) is 0.0350. The lowest BCUT2D eigenvalue weighted by atomic mass is 9.74. The number of aliphatic hydroxyl groups excluding tert-OH is 1. The molecule has 1 aromatic heterocycles. The lowest BCUT2D eigenvalue weighted by Crippen LogP contribution is -2.51. The van der Waals surface area contributed by atoms with Crippen LogP contribution in [0.1, 0.15) is 53.2 Å². The van der Waals surface area contributed by atoms with Crippen LogP contribution in [-0.4, -0.2) is 45.9 Å². The van der Waals surface area contributed by atoms with Crippen molar-refractivity contribution in [1.29, 1.82) is 0 Å². The Hall–Kier alpha value is -1.41. The summed E-state index contributed by atoms with van der Waals surface area (Å²) in [6.07, 6.45) is 3.06. The fraction of sp³-hybridized carbons (Fsp3) is 0.722. The van der Waals surface area contributed by atoms with Gasteiger partial charge in [-0.15, -0.1) is 0 Å². The number of rotatable bonds is 4. The molecule has 1 unspecified atom stereocenters. The Labute approximate surface area is 163 Å². The van der Waals surface area contributed by atoms with Gasteiger partial charge in [0.25, 0.3) is 0 Å². The van der Waals surface area contributed by atoms with Crippen LogP contribution in [0.15, 0.2) is 10.8 Å². The van der Waals surface area contributed by atoms with Crippen molar-refractivity contribution in [3.05, 3.63) is 16.5 Å². The van der Waals surface area contributed by atoms with Crippen LogP contribution in [0.2, 0.25) is 0 Å². The topological polar surface area (TPSA) is 87.6 Å². The van der Waals surface area contributed by atoms with Gasteiger partial charge in [0.05, 0.1) is 12.8 Å². The summed E-state index contributed by atoms with van der Waals surface area (Å²) >= 11 is 3.29. The normalized spacial score (nSPS) is 18.3. The molecular formula is C18H29BrN4O3. The van der Waals surface area contributed by atoms with E-state index in [1.807, 2.05) is 27.7 Å². The predicted octanol–water partition coefficient (Wildman–Crippen LogP) is 3.25. The van der Waals surface area contributed by atoms with Crippen LogP contribution >= 0.6 is 15.9 Å². The van der Waals surface area contributed by atoms with Gasteiger partial charge in [0.1, 0.15) is 15.9 Å². The molecule has 8 heteroatoms. The highest BCUT2D eigenvalue weighted by atomic mass is 79.9. The van der Waals surface area contributed by atoms with Crippen LogP contribution in [0.3, 0.4) is 0 Å². The highest BCUT2D eigenvalue weighted by Gasteiger charge is 2.37. The lowest BCUT2D eigenvalue weighted by molar-refractivity contribution is 0.0442. The summed E-state index contributed by atoms with van der Waals surface area (Å²) in [6, 6.07) is -0.00665. The van der Waals surface area contributed by atoms with Crippen LogP contribution < -0.4 is 10.2 Å². The van der Waals surface area contributed by atoms with Gasteiger partial charge in [-0.3, -0.25) is 0 Å². The molecule has 1 fully saturated rings. The van der Waals surface area contributed by atoms with E-state index in [9.17, 15) is 9.90 Å². The molecule has 0 aliphatic carbocycles. The number of nitrogens with zero attached hydrogens (tertiary/aromatic N) is 3. The number of aromatic nitrogens is 2. The number of ether oxygens (including phenoxy) is 1. The summed E-state index contributed by atoms with van der Waals surface area (Å²) in [5, 5.41) is 12.5. The highest BCUT2D eigenvalue weighted by molar-refractivity contribution is 9.10. The van der Waals surface area contributed by atoms with E-state index < -0.39 is 5.60 Å². The molecule has 0 bridgehead atoms. The minimum Gasteiger partial charge on any atom is -0.444 e. The molecule has 26 heavy (non-hydrogen) atoms. The fourth-order valence-electron chi connectivity index (χ4n) is 3.09. The summed E-state index contributed by atoms with van der Waals surface area (Å²) in [4.78, 5) is 22.9. The molecule has 0 aromatic carbocycles. The standard InChI is InChI=1S/C18H29BrN4O3/c1-12(21-16(25)26-17(2,3)4)18(5)6-8-23(9-7-18)15-13(11-24)22-14(19)10-20-15/h10,12,24H,6-9,11H2,1-5H3,(H,21,25). The molecule has 1 aromatic rings. The zero-order valence-corrected chi connectivity index (χ0v) is 17.8. The predicted molar refractivity (Wildman–Crippen MR) is 104 cm³/mol. The number of halogens is 1. The first-order chi connectivity index (χ1) is 12.0. The van der Waals surface area contributed by atoms with E-state index in [0.717, 1.165) is 31.7 Å². The van der Waals surface area contributed by atoms with Crippen molar-refractivity contribution in [2.45, 2.75) is 65.7 Å². The molecule has 1 atom stereocenters. The second kappa shape index (κ2) is 8.08. The Morgan fingerprint density at radius 3 is 2.62 bits per heavy atom. The molecule has 2 rings (SSSR count). The van der Waals surface area contributed by atoms with Crippen molar-refractivity contribution in [2.75, 3.05) is 18.0 Å². The maximum Gasteiger partial charge on any atom is 0.407 e. The number of anilines is 1. The molecule has 1 aliphatic rings. The average molecular weight is 429 g/mol. The van der Waals surface area contributed by atoms with E-state index in [1.54, 1.807) is 6.20 Å². The van der Waals surface area contributed by atoms with Crippen molar-refractivity contribution in [1.82, 2.24) is 15.3 Å². The van der Waals surface area contributed by atoms with Crippen molar-refractivity contribution in [2.24, 2.45) is 5.41 Å². The molecule has 7 nitrogen and oxygen atoms in total. The Kier molecular flexibility index (Phi) is 6.50. The third kappa shape index (κ3) is 5.30. The molecule has 1 saturated heterocycles. The molecule has 2 heterocycles. The van der Waals surface area contributed by atoms with Crippen molar-refractivity contribution < 1.29 is 14.6 Å². The van der Waals surface area contributed by atoms with E-state index in [1.165, 1.54) is 0 Å². The van der Waals surface area contributed by atoms with Gasteiger partial charge < -0.3 is 20.1 Å². The summed E-state index contributed by atoms with van der Waals surface area (Å²) in [7, 11) is 0. The smallest absolute Gasteiger partial charge is 0.407 e. The van der Waals surface area contributed by atoms with Gasteiger partial charge in [-0.25, -0.2) is 14.8 Å². The van der Waals surface area contributed by atoms with Gasteiger partial charge in [0, 0.05) is 19.1 Å². The molecule has 2 N–H and O–H groups in total. The monoisotopic (exact) mass is 428 g/mol. The first-order valence-corrected chi connectivity index (χ1v) is 9.70. The SMILES string of the molecule is CC(NC(=O)OC(C)(C)C)C1(C)CCN(c2ncc(Br)nc2CO)CC1. The van der Waals surface area contributed by atoms with Crippen LogP contribution in [0.25, 0.3) is 0 Å². The summed E-state index contributed by atoms with van der Waals surface area (Å²) in [5.74, 6) is 0.727. The third-order valence-corrected chi connectivity index (χ3v) is 5.31. The first-order valence-electron chi connectivity index (χ1n) is 8.91. The van der Waals surface area contributed by atoms with Crippen LogP contribution in [-0.2, 0) is 11.3 Å². The summed E-state index contributed by atoms with van der Waals surface area (Å²) < 4.78 is 5.98. The maximum absolute atomic E-state index is 12.1. The Morgan fingerprint density at radius 2 is 2.08 bits per heavy atom. The third-order valence-electron chi connectivity index (χ3n) is 4.93. The molecule has 0 radical (unpaired) electrons. The molecular weight excluding hydrogens is 400 g/mol. The van der Waals surface area contributed by atoms with Crippen molar-refractivity contribution in [3.8, 4) is 0 Å². The van der Waals surface area contributed by atoms with Crippen LogP contribution in [0, 0.1) is 5.41 Å². The van der Waals surface area contributed by atoms with Gasteiger partial charge in [0.2, 0.25) is 0 Å². The Morgan fingerprint density at radius 1 is 1.46 bits per heavy atom. The van der Waals surface area contributed by atoms with Gasteiger partial charge in [-0.05, 0) is 61.9 Å². The minimum absolute atomic E-state index is 0.00665. The Bertz CT molecular complexity index is 640. The lowest BCUT2D eigenvalue weighted by Gasteiger charge is -2.43. The number of carbonyl (C=O) groups excluding carboxylic acids is 1. The number of piperidine rings is 1. The number of hydrogen-bond acceptors (Lipinski definition) is 6. The highest BCUT2D eigenvalue weighted by Crippen LogP contribution is 2.36. The number of nitrogens with one attached hydrogen (secondary N) is 1. The van der Waals surface area contributed by atoms with Gasteiger partial charge in [0.15, 0.2) is 5.82 Å². The molecule has 1 amide bonds. The summed E-state index contributed by atoms with van der Waals surface area (Å²) in [6.45, 7) is 11.2. The molecule has 0 saturated carbocycles. The van der Waals surface area contributed by atoms with Crippen LogP contribution in [0.4, 0.5) is 10.6 Å². The molecule has 146 valence electrons. The number of amides is 1. The first kappa shape index (κ1) is 20.9. The largest absolute Gasteiger partial charge is 0.444 e. The molecule has 1 aliphatic heterocycles. The zero-order valence-electron chi connectivity index (χ0n) is 16.2. The van der Waals surface area contributed by atoms with E-state index in [0.29, 0.717) is 10.3 Å². The fourth-order valence-corrected chi connectivity index (χ4v) is 3.40. The van der Waals surface area contributed by atoms with E-state index in [4.69, 9.17) is 4.74 Å². The van der Waals surface area contributed by atoms with Gasteiger partial charge in [-0.1, -0.05) is 6.92 Å². The number of hydrogen-bond donors (Lipinski definition) is 2. The van der Waals surface area contributed by atoms with Gasteiger partial charge in [-0.2, -0.15) is 0 Å². The second-order valence-electron chi connectivity index (χ2n) is 8.13. The Balaban J connectivity index is 1.99. The van der Waals surface area contributed by atoms with Crippen LogP contribution in [0.5, 0.6) is 0 Å². The maximum atomic E-state index is 12.1. The van der Waals surface area contributed by atoms with E-state index >= 15 is 0 Å². The quantitative estimate of drug-likeness (QED) is 0.764. The zero-order chi connectivity index (χ0) is 19.5. The second-order valence-corrected chi connectivity index (χ2v) is 8.94. The van der Waals surface area contributed by atoms with Gasteiger partial charge >= 0.3 is 6.09 Å². The number of aliphatic hydroxyl groups is 1. The van der Waals surface area contributed by atoms with E-state index in [2.05, 4.69) is 43.0 Å². The van der Waals surface area contributed by atoms with E-state index in [-0.39, 0.29) is 24.2 Å².